The molecule has 3 nitrogen and oxygen atoms in total. The quantitative estimate of drug-likeness (QED) is 0.421. The Morgan fingerprint density at radius 1 is 0.870 bits per heavy atom. The maximum atomic E-state index is 6.27. The number of nitrogens with zero attached hydrogens (tertiary/aromatic N) is 2. The van der Waals surface area contributed by atoms with Crippen LogP contribution in [0.5, 0.6) is 0 Å². The van der Waals surface area contributed by atoms with Gasteiger partial charge >= 0.3 is 0 Å². The summed E-state index contributed by atoms with van der Waals surface area (Å²) in [4.78, 5) is 4.64. The molecule has 0 aliphatic rings. The Kier molecular flexibility index (Phi) is 13.5. The van der Waals surface area contributed by atoms with Gasteiger partial charge in [0.1, 0.15) is 0 Å². The zero-order chi connectivity index (χ0) is 17.7. The highest BCUT2D eigenvalue weighted by atomic mass is 28.2. The molecular weight excluding hydrogens is 300 g/mol. The van der Waals surface area contributed by atoms with Crippen LogP contribution in [0.2, 0.25) is 6.04 Å². The van der Waals surface area contributed by atoms with Gasteiger partial charge in [0.15, 0.2) is 9.76 Å². The molecule has 0 saturated heterocycles. The molecule has 0 aromatic heterocycles. The Balaban J connectivity index is 4.52. The molecule has 23 heavy (non-hydrogen) atoms. The highest BCUT2D eigenvalue weighted by Crippen LogP contribution is 2.38. The predicted molar refractivity (Wildman–Crippen MR) is 107 cm³/mol. The number of hydrogen-bond donors (Lipinski definition) is 0. The third-order valence-electron chi connectivity index (χ3n) is 5.27. The van der Waals surface area contributed by atoms with Crippen LogP contribution in [-0.2, 0) is 4.43 Å². The van der Waals surface area contributed by atoms with Crippen molar-refractivity contribution in [3.8, 4) is 0 Å². The summed E-state index contributed by atoms with van der Waals surface area (Å²) in [5.74, 6) is 0. The largest absolute Gasteiger partial charge is 0.421 e. The lowest BCUT2D eigenvalue weighted by Crippen LogP contribution is -2.27. The standard InChI is InChI=1S/C19H44N2OSi/c1-8-18(9-2)22-23-17-19(10-3,13-11-15-20(4)5)14-12-16-21(6)7/h18H,8-17,23H2,1-7H3. The second kappa shape index (κ2) is 13.4. The van der Waals surface area contributed by atoms with Crippen molar-refractivity contribution >= 4 is 9.76 Å². The molecular formula is C19H44N2OSi. The van der Waals surface area contributed by atoms with Crippen LogP contribution < -0.4 is 0 Å². The average molecular weight is 345 g/mol. The van der Waals surface area contributed by atoms with Crippen LogP contribution >= 0.6 is 0 Å². The summed E-state index contributed by atoms with van der Waals surface area (Å²) in [6, 6.07) is 1.36. The van der Waals surface area contributed by atoms with Crippen molar-refractivity contribution < 1.29 is 4.43 Å². The van der Waals surface area contributed by atoms with E-state index in [9.17, 15) is 0 Å². The first-order valence-electron chi connectivity index (χ1n) is 9.80. The van der Waals surface area contributed by atoms with Crippen LogP contribution in [0.25, 0.3) is 0 Å². The van der Waals surface area contributed by atoms with Gasteiger partial charge in [0.05, 0.1) is 0 Å². The van der Waals surface area contributed by atoms with E-state index >= 15 is 0 Å². The van der Waals surface area contributed by atoms with Crippen LogP contribution in [0.15, 0.2) is 0 Å². The minimum Gasteiger partial charge on any atom is -0.421 e. The van der Waals surface area contributed by atoms with E-state index in [1.54, 1.807) is 0 Å². The van der Waals surface area contributed by atoms with E-state index in [1.165, 1.54) is 64.1 Å². The minimum absolute atomic E-state index is 0.395. The van der Waals surface area contributed by atoms with Crippen molar-refractivity contribution in [2.24, 2.45) is 5.41 Å². The molecule has 0 saturated carbocycles. The molecule has 0 aliphatic heterocycles. The molecule has 0 amide bonds. The second-order valence-corrected chi connectivity index (χ2v) is 8.97. The monoisotopic (exact) mass is 344 g/mol. The van der Waals surface area contributed by atoms with E-state index in [0.29, 0.717) is 11.5 Å². The van der Waals surface area contributed by atoms with Crippen molar-refractivity contribution in [3.05, 3.63) is 0 Å². The lowest BCUT2D eigenvalue weighted by molar-refractivity contribution is 0.180. The van der Waals surface area contributed by atoms with Crippen LogP contribution in [0.4, 0.5) is 0 Å². The van der Waals surface area contributed by atoms with Gasteiger partial charge in [-0.2, -0.15) is 0 Å². The van der Waals surface area contributed by atoms with Gasteiger partial charge in [0.25, 0.3) is 0 Å². The second-order valence-electron chi connectivity index (χ2n) is 7.73. The van der Waals surface area contributed by atoms with Gasteiger partial charge < -0.3 is 14.2 Å². The van der Waals surface area contributed by atoms with Crippen molar-refractivity contribution in [1.29, 1.82) is 0 Å². The van der Waals surface area contributed by atoms with Crippen LogP contribution in [0, 0.1) is 5.41 Å². The maximum Gasteiger partial charge on any atom is 0.162 e. The fraction of sp³-hybridized carbons (Fsp3) is 1.00. The van der Waals surface area contributed by atoms with Gasteiger partial charge in [-0.05, 0) is 91.3 Å². The summed E-state index contributed by atoms with van der Waals surface area (Å²) < 4.78 is 6.27. The Morgan fingerprint density at radius 2 is 1.35 bits per heavy atom. The van der Waals surface area contributed by atoms with Gasteiger partial charge in [-0.3, -0.25) is 0 Å². The summed E-state index contributed by atoms with van der Waals surface area (Å²) in [6.07, 6.45) is 9.55. The minimum atomic E-state index is -0.395. The summed E-state index contributed by atoms with van der Waals surface area (Å²) in [5.41, 5.74) is 0.532. The van der Waals surface area contributed by atoms with Gasteiger partial charge in [-0.1, -0.05) is 27.2 Å². The molecule has 140 valence electrons. The summed E-state index contributed by atoms with van der Waals surface area (Å²) in [5, 5.41) is 0. The van der Waals surface area contributed by atoms with Gasteiger partial charge in [-0.15, -0.1) is 0 Å². The van der Waals surface area contributed by atoms with Gasteiger partial charge in [-0.25, -0.2) is 0 Å². The molecule has 0 aliphatic carbocycles. The van der Waals surface area contributed by atoms with Crippen LogP contribution in [-0.4, -0.2) is 66.9 Å². The fourth-order valence-corrected chi connectivity index (χ4v) is 5.62. The normalized spacial score (nSPS) is 13.3. The summed E-state index contributed by atoms with van der Waals surface area (Å²) in [7, 11) is 8.35. The zero-order valence-electron chi connectivity index (χ0n) is 17.2. The van der Waals surface area contributed by atoms with Crippen molar-refractivity contribution in [2.75, 3.05) is 41.3 Å². The third-order valence-corrected chi connectivity index (χ3v) is 7.24. The molecule has 0 atom stereocenters. The lowest BCUT2D eigenvalue weighted by Gasteiger charge is -2.34. The highest BCUT2D eigenvalue weighted by Gasteiger charge is 2.27. The van der Waals surface area contributed by atoms with E-state index in [-0.39, 0.29) is 0 Å². The zero-order valence-corrected chi connectivity index (χ0v) is 18.6. The van der Waals surface area contributed by atoms with Crippen LogP contribution in [0.1, 0.15) is 65.7 Å². The lowest BCUT2D eigenvalue weighted by atomic mass is 9.78. The Hall–Kier alpha value is 0.0969. The summed E-state index contributed by atoms with van der Waals surface area (Å²) in [6.45, 7) is 9.33. The molecule has 0 N–H and O–H groups in total. The number of rotatable bonds is 15. The molecule has 0 heterocycles. The topological polar surface area (TPSA) is 15.7 Å². The molecule has 0 rings (SSSR count). The molecule has 0 aromatic carbocycles. The van der Waals surface area contributed by atoms with Crippen molar-refractivity contribution in [1.82, 2.24) is 9.80 Å². The smallest absolute Gasteiger partial charge is 0.162 e. The first-order valence-corrected chi connectivity index (χ1v) is 11.4. The van der Waals surface area contributed by atoms with Crippen molar-refractivity contribution in [3.63, 3.8) is 0 Å². The Labute approximate surface area is 149 Å². The third kappa shape index (κ3) is 11.3. The molecule has 0 bridgehead atoms. The predicted octanol–water partition coefficient (Wildman–Crippen LogP) is 3.77. The number of hydrogen-bond acceptors (Lipinski definition) is 3. The van der Waals surface area contributed by atoms with E-state index in [4.69, 9.17) is 4.43 Å². The molecule has 0 aromatic rings. The molecule has 4 heteroatoms. The first-order chi connectivity index (χ1) is 10.9. The van der Waals surface area contributed by atoms with E-state index in [2.05, 4.69) is 58.8 Å². The highest BCUT2D eigenvalue weighted by molar-refractivity contribution is 6.27. The molecule has 0 radical (unpaired) electrons. The summed E-state index contributed by atoms with van der Waals surface area (Å²) >= 11 is 0. The van der Waals surface area contributed by atoms with E-state index in [0.717, 1.165) is 0 Å². The van der Waals surface area contributed by atoms with E-state index in [1.807, 2.05) is 0 Å². The molecule has 0 spiro atoms. The Morgan fingerprint density at radius 3 is 1.70 bits per heavy atom. The first kappa shape index (κ1) is 23.1. The average Bonchev–Trinajstić information content (AvgIpc) is 2.50. The van der Waals surface area contributed by atoms with E-state index < -0.39 is 9.76 Å². The van der Waals surface area contributed by atoms with Crippen molar-refractivity contribution in [2.45, 2.75) is 77.9 Å². The maximum absolute atomic E-state index is 6.27. The Bertz CT molecular complexity index is 254. The van der Waals surface area contributed by atoms with Gasteiger partial charge in [0.2, 0.25) is 0 Å². The SMILES string of the molecule is CCC(CC)O[SiH2]CC(CC)(CCCN(C)C)CCCN(C)C. The molecule has 0 fully saturated rings. The molecule has 0 unspecified atom stereocenters. The van der Waals surface area contributed by atoms with Gasteiger partial charge in [0, 0.05) is 6.10 Å². The fourth-order valence-electron chi connectivity index (χ4n) is 3.41. The van der Waals surface area contributed by atoms with Crippen LogP contribution in [0.3, 0.4) is 0 Å².